The summed E-state index contributed by atoms with van der Waals surface area (Å²) in [6.07, 6.45) is 0. The van der Waals surface area contributed by atoms with E-state index >= 15 is 0 Å². The van der Waals surface area contributed by atoms with Gasteiger partial charge in [0.15, 0.2) is 0 Å². The number of carboxylic acid groups (broad SMARTS) is 1. The van der Waals surface area contributed by atoms with Crippen LogP contribution < -0.4 is 5.73 Å². The van der Waals surface area contributed by atoms with Gasteiger partial charge >= 0.3 is 5.97 Å². The maximum Gasteiger partial charge on any atom is 0.328 e. The monoisotopic (exact) mass is 235 g/mol. The molecule has 1 atom stereocenters. The third kappa shape index (κ3) is 2.38. The lowest BCUT2D eigenvalue weighted by Gasteiger charge is -2.20. The molecular formula is C9H11Cl2NO2. The molecule has 0 fully saturated rings. The highest BCUT2D eigenvalue weighted by Gasteiger charge is 2.31. The summed E-state index contributed by atoms with van der Waals surface area (Å²) in [7, 11) is 0. The van der Waals surface area contributed by atoms with Gasteiger partial charge in [-0.3, -0.25) is 0 Å². The van der Waals surface area contributed by atoms with Crippen molar-refractivity contribution in [3.05, 3.63) is 34.9 Å². The van der Waals surface area contributed by atoms with Crippen molar-refractivity contribution in [3.63, 3.8) is 0 Å². The number of hydrogen-bond acceptors (Lipinski definition) is 2. The average Bonchev–Trinajstić information content (AvgIpc) is 2.04. The topological polar surface area (TPSA) is 63.3 Å². The Morgan fingerprint density at radius 3 is 2.43 bits per heavy atom. The molecule has 0 aliphatic carbocycles. The van der Waals surface area contributed by atoms with Gasteiger partial charge in [0.25, 0.3) is 0 Å². The van der Waals surface area contributed by atoms with E-state index in [1.807, 2.05) is 0 Å². The van der Waals surface area contributed by atoms with Crippen LogP contribution in [-0.4, -0.2) is 11.1 Å². The summed E-state index contributed by atoms with van der Waals surface area (Å²) < 4.78 is 0. The molecule has 0 aliphatic rings. The molecule has 0 aromatic heterocycles. The van der Waals surface area contributed by atoms with Crippen LogP contribution in [0.5, 0.6) is 0 Å². The fourth-order valence-electron chi connectivity index (χ4n) is 0.998. The summed E-state index contributed by atoms with van der Waals surface area (Å²) in [4.78, 5) is 10.8. The second kappa shape index (κ2) is 4.64. The SMILES string of the molecule is CC(N)(C(=O)O)c1ccccc1Cl.Cl. The Bertz CT molecular complexity index is 339. The lowest BCUT2D eigenvalue weighted by atomic mass is 9.93. The van der Waals surface area contributed by atoms with Crippen molar-refractivity contribution in [1.29, 1.82) is 0 Å². The standard InChI is InChI=1S/C9H10ClNO2.ClH/c1-9(11,8(12)13)6-4-2-3-5-7(6)10;/h2-5H,11H2,1H3,(H,12,13);1H. The van der Waals surface area contributed by atoms with Gasteiger partial charge in [0.2, 0.25) is 0 Å². The molecule has 1 rings (SSSR count). The van der Waals surface area contributed by atoms with Crippen molar-refractivity contribution in [2.75, 3.05) is 0 Å². The maximum atomic E-state index is 10.8. The van der Waals surface area contributed by atoms with Crippen molar-refractivity contribution < 1.29 is 9.90 Å². The normalized spacial score (nSPS) is 13.9. The molecule has 0 saturated heterocycles. The van der Waals surface area contributed by atoms with Gasteiger partial charge in [-0.15, -0.1) is 12.4 Å². The van der Waals surface area contributed by atoms with Gasteiger partial charge < -0.3 is 10.8 Å². The van der Waals surface area contributed by atoms with Crippen LogP contribution in [0.2, 0.25) is 5.02 Å². The minimum Gasteiger partial charge on any atom is -0.480 e. The molecule has 5 heteroatoms. The van der Waals surface area contributed by atoms with E-state index in [2.05, 4.69) is 0 Å². The van der Waals surface area contributed by atoms with Crippen LogP contribution in [0.15, 0.2) is 24.3 Å². The van der Waals surface area contributed by atoms with Gasteiger partial charge in [0.05, 0.1) is 0 Å². The number of rotatable bonds is 2. The molecule has 78 valence electrons. The maximum absolute atomic E-state index is 10.8. The van der Waals surface area contributed by atoms with Gasteiger partial charge in [-0.05, 0) is 13.0 Å². The largest absolute Gasteiger partial charge is 0.480 e. The summed E-state index contributed by atoms with van der Waals surface area (Å²) in [5.41, 5.74) is 4.59. The van der Waals surface area contributed by atoms with E-state index < -0.39 is 11.5 Å². The molecule has 0 amide bonds. The summed E-state index contributed by atoms with van der Waals surface area (Å²) in [6.45, 7) is 1.41. The van der Waals surface area contributed by atoms with Crippen LogP contribution in [0.4, 0.5) is 0 Å². The minimum atomic E-state index is -1.43. The van der Waals surface area contributed by atoms with E-state index in [4.69, 9.17) is 22.4 Å². The predicted molar refractivity (Wildman–Crippen MR) is 57.9 cm³/mol. The van der Waals surface area contributed by atoms with Gasteiger partial charge in [-0.25, -0.2) is 4.79 Å². The Hall–Kier alpha value is -0.770. The zero-order chi connectivity index (χ0) is 10.1. The van der Waals surface area contributed by atoms with E-state index in [0.717, 1.165) is 0 Å². The van der Waals surface area contributed by atoms with Gasteiger partial charge in [-0.1, -0.05) is 29.8 Å². The van der Waals surface area contributed by atoms with Crippen LogP contribution in [0.3, 0.4) is 0 Å². The second-order valence-electron chi connectivity index (χ2n) is 2.99. The van der Waals surface area contributed by atoms with Crippen LogP contribution in [0, 0.1) is 0 Å². The van der Waals surface area contributed by atoms with Crippen molar-refractivity contribution in [2.24, 2.45) is 5.73 Å². The molecule has 1 unspecified atom stereocenters. The van der Waals surface area contributed by atoms with Gasteiger partial charge in [0.1, 0.15) is 5.54 Å². The van der Waals surface area contributed by atoms with Crippen molar-refractivity contribution in [3.8, 4) is 0 Å². The number of carbonyl (C=O) groups is 1. The van der Waals surface area contributed by atoms with Gasteiger partial charge in [0, 0.05) is 10.6 Å². The van der Waals surface area contributed by atoms with E-state index in [9.17, 15) is 4.79 Å². The highest BCUT2D eigenvalue weighted by atomic mass is 35.5. The number of aliphatic carboxylic acids is 1. The first kappa shape index (κ1) is 13.2. The van der Waals surface area contributed by atoms with Crippen LogP contribution in [-0.2, 0) is 10.3 Å². The first-order valence-electron chi connectivity index (χ1n) is 3.73. The Balaban J connectivity index is 0.00000169. The third-order valence-electron chi connectivity index (χ3n) is 1.88. The molecule has 3 nitrogen and oxygen atoms in total. The lowest BCUT2D eigenvalue weighted by Crippen LogP contribution is -2.41. The predicted octanol–water partition coefficient (Wildman–Crippen LogP) is 2.02. The molecule has 1 aromatic carbocycles. The van der Waals surface area contributed by atoms with E-state index in [1.165, 1.54) is 6.92 Å². The smallest absolute Gasteiger partial charge is 0.328 e. The van der Waals surface area contributed by atoms with Crippen LogP contribution >= 0.6 is 24.0 Å². The molecule has 0 heterocycles. The highest BCUT2D eigenvalue weighted by Crippen LogP contribution is 2.25. The molecule has 3 N–H and O–H groups in total. The van der Waals surface area contributed by atoms with Crippen LogP contribution in [0.1, 0.15) is 12.5 Å². The number of hydrogen-bond donors (Lipinski definition) is 2. The average molecular weight is 236 g/mol. The molecule has 0 radical (unpaired) electrons. The van der Waals surface area contributed by atoms with Gasteiger partial charge in [-0.2, -0.15) is 0 Å². The summed E-state index contributed by atoms with van der Waals surface area (Å²) >= 11 is 5.81. The lowest BCUT2D eigenvalue weighted by molar-refractivity contribution is -0.143. The van der Waals surface area contributed by atoms with Crippen molar-refractivity contribution in [2.45, 2.75) is 12.5 Å². The zero-order valence-corrected chi connectivity index (χ0v) is 9.10. The zero-order valence-electron chi connectivity index (χ0n) is 7.53. The Morgan fingerprint density at radius 1 is 1.50 bits per heavy atom. The molecular weight excluding hydrogens is 225 g/mol. The first-order chi connectivity index (χ1) is 5.96. The molecule has 0 aliphatic heterocycles. The number of benzene rings is 1. The minimum absolute atomic E-state index is 0. The fourth-order valence-corrected chi connectivity index (χ4v) is 1.33. The Labute approximate surface area is 93.3 Å². The molecule has 0 bridgehead atoms. The summed E-state index contributed by atoms with van der Waals surface area (Å²) in [5.74, 6) is -1.10. The number of nitrogens with two attached hydrogens (primary N) is 1. The second-order valence-corrected chi connectivity index (χ2v) is 3.39. The van der Waals surface area contributed by atoms with E-state index in [1.54, 1.807) is 24.3 Å². The number of halogens is 2. The third-order valence-corrected chi connectivity index (χ3v) is 2.21. The van der Waals surface area contributed by atoms with E-state index in [-0.39, 0.29) is 12.4 Å². The first-order valence-corrected chi connectivity index (χ1v) is 4.11. The molecule has 1 aromatic rings. The summed E-state index contributed by atoms with van der Waals surface area (Å²) in [6, 6.07) is 6.65. The summed E-state index contributed by atoms with van der Waals surface area (Å²) in [5, 5.41) is 9.21. The van der Waals surface area contributed by atoms with Crippen molar-refractivity contribution in [1.82, 2.24) is 0 Å². The Kier molecular flexibility index (Phi) is 4.39. The van der Waals surface area contributed by atoms with Crippen molar-refractivity contribution >= 4 is 30.0 Å². The molecule has 14 heavy (non-hydrogen) atoms. The number of carboxylic acids is 1. The van der Waals surface area contributed by atoms with Crippen LogP contribution in [0.25, 0.3) is 0 Å². The Morgan fingerprint density at radius 2 is 2.00 bits per heavy atom. The van der Waals surface area contributed by atoms with E-state index in [0.29, 0.717) is 10.6 Å². The fraction of sp³-hybridized carbons (Fsp3) is 0.222. The molecule has 0 spiro atoms. The quantitative estimate of drug-likeness (QED) is 0.825. The highest BCUT2D eigenvalue weighted by molar-refractivity contribution is 6.31. The molecule has 0 saturated carbocycles.